The third-order valence-electron chi connectivity index (χ3n) is 11.3. The highest BCUT2D eigenvalue weighted by atomic mass is 16.6. The molecule has 380 valence electrons. The minimum atomic E-state index is -0.798. The number of ether oxygens (including phenoxy) is 3. The summed E-state index contributed by atoms with van der Waals surface area (Å²) in [6, 6.07) is 0. The van der Waals surface area contributed by atoms with E-state index in [9.17, 15) is 14.4 Å². The zero-order chi connectivity index (χ0) is 48.6. The Morgan fingerprint density at radius 1 is 0.313 bits per heavy atom. The minimum absolute atomic E-state index is 0.0936. The smallest absolute Gasteiger partial charge is 0.306 e. The standard InChI is InChI=1S/C61H100O6/c1-4-7-10-13-16-19-22-24-26-27-28-29-30-31-32-33-35-36-39-42-45-48-51-54-60(63)66-57-58(56-65-59(62)53-50-47-44-41-38-21-18-15-12-9-6-3)67-61(64)55-52-49-46-43-40-37-34-25-23-20-17-14-11-8-5-2/h7-8,10-11,16-17,19-20,24-26,28-29,31-32,34-36,58H,4-6,9,12-15,18,21-23,27,30,33,37-57H2,1-3H3/b10-7-,11-8-,19-16-,20-17-,26-24-,29-28-,32-31-,34-25-,36-35-. The average Bonchev–Trinajstić information content (AvgIpc) is 3.33. The van der Waals surface area contributed by atoms with Crippen molar-refractivity contribution >= 4 is 17.9 Å². The number of hydrogen-bond donors (Lipinski definition) is 0. The first-order valence-corrected chi connectivity index (χ1v) is 27.4. The normalized spacial score (nSPS) is 12.9. The molecule has 0 radical (unpaired) electrons. The molecule has 0 aromatic rings. The molecular formula is C61H100O6. The fourth-order valence-corrected chi connectivity index (χ4v) is 7.22. The van der Waals surface area contributed by atoms with Crippen molar-refractivity contribution in [2.45, 2.75) is 245 Å². The van der Waals surface area contributed by atoms with Crippen LogP contribution in [-0.4, -0.2) is 37.2 Å². The summed E-state index contributed by atoms with van der Waals surface area (Å²) in [5, 5.41) is 0. The van der Waals surface area contributed by atoms with E-state index in [0.717, 1.165) is 148 Å². The van der Waals surface area contributed by atoms with Crippen LogP contribution < -0.4 is 0 Å². The lowest BCUT2D eigenvalue weighted by Crippen LogP contribution is -2.30. The van der Waals surface area contributed by atoms with Crippen molar-refractivity contribution in [3.63, 3.8) is 0 Å². The maximum atomic E-state index is 12.8. The lowest BCUT2D eigenvalue weighted by molar-refractivity contribution is -0.167. The number of allylic oxidation sites excluding steroid dienone is 18. The van der Waals surface area contributed by atoms with Crippen LogP contribution >= 0.6 is 0 Å². The number of esters is 3. The number of hydrogen-bond acceptors (Lipinski definition) is 6. The first kappa shape index (κ1) is 63.1. The van der Waals surface area contributed by atoms with Gasteiger partial charge in [-0.1, -0.05) is 226 Å². The Morgan fingerprint density at radius 3 is 0.910 bits per heavy atom. The van der Waals surface area contributed by atoms with E-state index in [1.54, 1.807) is 0 Å². The lowest BCUT2D eigenvalue weighted by Gasteiger charge is -2.18. The summed E-state index contributed by atoms with van der Waals surface area (Å²) >= 11 is 0. The maximum absolute atomic E-state index is 12.8. The molecule has 0 amide bonds. The van der Waals surface area contributed by atoms with E-state index < -0.39 is 6.10 Å². The Balaban J connectivity index is 4.41. The number of carbonyl (C=O) groups excluding carboxylic acids is 3. The molecule has 0 N–H and O–H groups in total. The van der Waals surface area contributed by atoms with E-state index in [2.05, 4.69) is 130 Å². The van der Waals surface area contributed by atoms with Gasteiger partial charge in [-0.05, 0) is 103 Å². The van der Waals surface area contributed by atoms with Gasteiger partial charge in [0.2, 0.25) is 0 Å². The van der Waals surface area contributed by atoms with Gasteiger partial charge >= 0.3 is 17.9 Å². The third kappa shape index (κ3) is 52.9. The van der Waals surface area contributed by atoms with E-state index in [1.165, 1.54) is 51.4 Å². The molecular weight excluding hydrogens is 829 g/mol. The summed E-state index contributed by atoms with van der Waals surface area (Å²) in [7, 11) is 0. The molecule has 0 saturated heterocycles. The molecule has 1 atom stereocenters. The number of rotatable bonds is 48. The third-order valence-corrected chi connectivity index (χ3v) is 11.3. The van der Waals surface area contributed by atoms with E-state index in [1.807, 2.05) is 0 Å². The van der Waals surface area contributed by atoms with Crippen LogP contribution in [0.4, 0.5) is 0 Å². The monoisotopic (exact) mass is 929 g/mol. The molecule has 0 spiro atoms. The second-order valence-electron chi connectivity index (χ2n) is 17.7. The van der Waals surface area contributed by atoms with Crippen LogP contribution in [0.5, 0.6) is 0 Å². The van der Waals surface area contributed by atoms with Crippen LogP contribution in [0.3, 0.4) is 0 Å². The van der Waals surface area contributed by atoms with Crippen molar-refractivity contribution in [2.75, 3.05) is 13.2 Å². The highest BCUT2D eigenvalue weighted by Crippen LogP contribution is 2.14. The molecule has 6 heteroatoms. The van der Waals surface area contributed by atoms with Gasteiger partial charge in [-0.3, -0.25) is 14.4 Å². The van der Waals surface area contributed by atoms with Crippen molar-refractivity contribution in [2.24, 2.45) is 0 Å². The van der Waals surface area contributed by atoms with Crippen molar-refractivity contribution < 1.29 is 28.6 Å². The van der Waals surface area contributed by atoms with Gasteiger partial charge in [-0.15, -0.1) is 0 Å². The summed E-state index contributed by atoms with van der Waals surface area (Å²) < 4.78 is 16.8. The molecule has 0 aromatic carbocycles. The van der Waals surface area contributed by atoms with Crippen molar-refractivity contribution in [1.29, 1.82) is 0 Å². The van der Waals surface area contributed by atoms with Gasteiger partial charge in [-0.25, -0.2) is 0 Å². The Morgan fingerprint density at radius 2 is 0.582 bits per heavy atom. The quantitative estimate of drug-likeness (QED) is 0.0262. The summed E-state index contributed by atoms with van der Waals surface area (Å²) in [5.41, 5.74) is 0. The molecule has 0 rings (SSSR count). The van der Waals surface area contributed by atoms with Crippen molar-refractivity contribution in [3.05, 3.63) is 109 Å². The Kier molecular flexibility index (Phi) is 51.5. The van der Waals surface area contributed by atoms with Crippen LogP contribution in [0, 0.1) is 0 Å². The second kappa shape index (κ2) is 54.7. The minimum Gasteiger partial charge on any atom is -0.462 e. The van der Waals surface area contributed by atoms with E-state index in [-0.39, 0.29) is 31.1 Å². The van der Waals surface area contributed by atoms with Gasteiger partial charge in [0.25, 0.3) is 0 Å². The van der Waals surface area contributed by atoms with Crippen LogP contribution in [-0.2, 0) is 28.6 Å². The summed E-state index contributed by atoms with van der Waals surface area (Å²) in [4.78, 5) is 38.0. The molecule has 0 bridgehead atoms. The highest BCUT2D eigenvalue weighted by Gasteiger charge is 2.19. The topological polar surface area (TPSA) is 78.9 Å². The molecule has 67 heavy (non-hydrogen) atoms. The van der Waals surface area contributed by atoms with Gasteiger partial charge in [0.05, 0.1) is 0 Å². The predicted octanol–water partition coefficient (Wildman–Crippen LogP) is 18.3. The van der Waals surface area contributed by atoms with Gasteiger partial charge in [0.1, 0.15) is 13.2 Å². The Labute approximate surface area is 412 Å². The molecule has 0 aliphatic heterocycles. The summed E-state index contributed by atoms with van der Waals surface area (Å²) in [6.45, 7) is 6.36. The zero-order valence-corrected chi connectivity index (χ0v) is 43.4. The van der Waals surface area contributed by atoms with Crippen LogP contribution in [0.1, 0.15) is 239 Å². The first-order chi connectivity index (χ1) is 33.0. The average molecular weight is 929 g/mol. The van der Waals surface area contributed by atoms with Crippen molar-refractivity contribution in [3.8, 4) is 0 Å². The zero-order valence-electron chi connectivity index (χ0n) is 43.4. The predicted molar refractivity (Wildman–Crippen MR) is 288 cm³/mol. The number of carbonyl (C=O) groups is 3. The lowest BCUT2D eigenvalue weighted by atomic mass is 10.1. The van der Waals surface area contributed by atoms with Crippen molar-refractivity contribution in [1.82, 2.24) is 0 Å². The molecule has 1 unspecified atom stereocenters. The van der Waals surface area contributed by atoms with E-state index >= 15 is 0 Å². The fraction of sp³-hybridized carbons (Fsp3) is 0.656. The van der Waals surface area contributed by atoms with Gasteiger partial charge < -0.3 is 14.2 Å². The molecule has 0 aromatic heterocycles. The summed E-state index contributed by atoms with van der Waals surface area (Å²) in [6.07, 6.45) is 73.6. The molecule has 0 aliphatic carbocycles. The van der Waals surface area contributed by atoms with Gasteiger partial charge in [0, 0.05) is 19.3 Å². The SMILES string of the molecule is CC/C=C\C/C=C\C/C=C\C/C=C\C/C=C\C/C=C\CCCCCCC(=O)OCC(COC(=O)CCCCCCCCCCCCC)OC(=O)CCCCCCC/C=C\C/C=C\C/C=C\CC. The molecule has 0 fully saturated rings. The highest BCUT2D eigenvalue weighted by molar-refractivity contribution is 5.71. The fourth-order valence-electron chi connectivity index (χ4n) is 7.22. The number of unbranched alkanes of at least 4 members (excludes halogenated alkanes) is 19. The van der Waals surface area contributed by atoms with Gasteiger partial charge in [-0.2, -0.15) is 0 Å². The van der Waals surface area contributed by atoms with E-state index in [0.29, 0.717) is 19.3 Å². The Bertz CT molecular complexity index is 1390. The molecule has 6 nitrogen and oxygen atoms in total. The van der Waals surface area contributed by atoms with Crippen LogP contribution in [0.25, 0.3) is 0 Å². The van der Waals surface area contributed by atoms with Gasteiger partial charge in [0.15, 0.2) is 6.10 Å². The van der Waals surface area contributed by atoms with Crippen LogP contribution in [0.15, 0.2) is 109 Å². The maximum Gasteiger partial charge on any atom is 0.306 e. The first-order valence-electron chi connectivity index (χ1n) is 27.4. The van der Waals surface area contributed by atoms with Crippen LogP contribution in [0.2, 0.25) is 0 Å². The molecule has 0 saturated carbocycles. The second-order valence-corrected chi connectivity index (χ2v) is 17.7. The molecule has 0 heterocycles. The Hall–Kier alpha value is -3.93. The largest absolute Gasteiger partial charge is 0.462 e. The summed E-state index contributed by atoms with van der Waals surface area (Å²) in [5.74, 6) is -0.939. The van der Waals surface area contributed by atoms with E-state index in [4.69, 9.17) is 14.2 Å². The molecule has 0 aliphatic rings.